The molecule has 0 bridgehead atoms. The summed E-state index contributed by atoms with van der Waals surface area (Å²) < 4.78 is 0. The van der Waals surface area contributed by atoms with Crippen LogP contribution in [0.25, 0.3) is 0 Å². The van der Waals surface area contributed by atoms with Gasteiger partial charge in [-0.1, -0.05) is 13.8 Å². The normalized spacial score (nSPS) is 10.5. The SMILES string of the molecule is CCCNc1ncnc(NCCc2ccsc2)c1CC. The second-order valence-corrected chi connectivity index (χ2v) is 5.42. The van der Waals surface area contributed by atoms with E-state index >= 15 is 0 Å². The number of thiophene rings is 1. The third kappa shape index (κ3) is 3.93. The van der Waals surface area contributed by atoms with E-state index in [1.54, 1.807) is 17.7 Å². The van der Waals surface area contributed by atoms with Crippen LogP contribution in [-0.4, -0.2) is 23.1 Å². The van der Waals surface area contributed by atoms with Gasteiger partial charge in [0.05, 0.1) is 0 Å². The van der Waals surface area contributed by atoms with Crippen molar-refractivity contribution in [2.75, 3.05) is 23.7 Å². The van der Waals surface area contributed by atoms with E-state index in [0.29, 0.717) is 0 Å². The van der Waals surface area contributed by atoms with Crippen molar-refractivity contribution >= 4 is 23.0 Å². The van der Waals surface area contributed by atoms with E-state index in [1.807, 2.05) is 0 Å². The van der Waals surface area contributed by atoms with Crippen LogP contribution in [0, 0.1) is 0 Å². The van der Waals surface area contributed by atoms with E-state index in [2.05, 4.69) is 51.3 Å². The fourth-order valence-electron chi connectivity index (χ4n) is 2.06. The minimum absolute atomic E-state index is 0.897. The molecule has 0 fully saturated rings. The van der Waals surface area contributed by atoms with E-state index in [0.717, 1.165) is 44.0 Å². The molecule has 0 atom stereocenters. The van der Waals surface area contributed by atoms with Gasteiger partial charge >= 0.3 is 0 Å². The zero-order valence-corrected chi connectivity index (χ0v) is 13.0. The maximum atomic E-state index is 4.38. The molecule has 0 saturated carbocycles. The highest BCUT2D eigenvalue weighted by Crippen LogP contribution is 2.20. The summed E-state index contributed by atoms with van der Waals surface area (Å²) in [5, 5.41) is 11.1. The second-order valence-electron chi connectivity index (χ2n) is 4.64. The lowest BCUT2D eigenvalue weighted by Crippen LogP contribution is -2.12. The van der Waals surface area contributed by atoms with E-state index in [-0.39, 0.29) is 0 Å². The minimum Gasteiger partial charge on any atom is -0.370 e. The third-order valence-corrected chi connectivity index (χ3v) is 3.86. The summed E-state index contributed by atoms with van der Waals surface area (Å²) in [6.45, 7) is 6.13. The highest BCUT2D eigenvalue weighted by atomic mass is 32.1. The van der Waals surface area contributed by atoms with Gasteiger partial charge in [-0.05, 0) is 41.7 Å². The molecule has 0 aliphatic carbocycles. The molecule has 0 spiro atoms. The second kappa shape index (κ2) is 7.85. The lowest BCUT2D eigenvalue weighted by atomic mass is 10.2. The summed E-state index contributed by atoms with van der Waals surface area (Å²) in [5.41, 5.74) is 2.55. The largest absolute Gasteiger partial charge is 0.370 e. The van der Waals surface area contributed by atoms with Crippen LogP contribution in [0.4, 0.5) is 11.6 Å². The van der Waals surface area contributed by atoms with Crippen LogP contribution in [0.15, 0.2) is 23.2 Å². The monoisotopic (exact) mass is 290 g/mol. The van der Waals surface area contributed by atoms with Gasteiger partial charge in [-0.15, -0.1) is 0 Å². The molecule has 2 aromatic rings. The molecule has 5 heteroatoms. The summed E-state index contributed by atoms with van der Waals surface area (Å²) in [6.07, 6.45) is 4.67. The number of nitrogens with one attached hydrogen (secondary N) is 2. The molecule has 20 heavy (non-hydrogen) atoms. The zero-order chi connectivity index (χ0) is 14.2. The lowest BCUT2D eigenvalue weighted by Gasteiger charge is -2.14. The molecule has 0 radical (unpaired) electrons. The van der Waals surface area contributed by atoms with Crippen LogP contribution < -0.4 is 10.6 Å². The van der Waals surface area contributed by atoms with Gasteiger partial charge in [0.1, 0.15) is 18.0 Å². The van der Waals surface area contributed by atoms with Gasteiger partial charge in [-0.2, -0.15) is 11.3 Å². The molecule has 2 aromatic heterocycles. The Balaban J connectivity index is 1.99. The van der Waals surface area contributed by atoms with Crippen molar-refractivity contribution in [2.24, 2.45) is 0 Å². The van der Waals surface area contributed by atoms with E-state index in [9.17, 15) is 0 Å². The van der Waals surface area contributed by atoms with Gasteiger partial charge in [0, 0.05) is 18.7 Å². The van der Waals surface area contributed by atoms with Crippen molar-refractivity contribution in [3.8, 4) is 0 Å². The lowest BCUT2D eigenvalue weighted by molar-refractivity contribution is 0.939. The van der Waals surface area contributed by atoms with E-state index < -0.39 is 0 Å². The molecule has 0 aliphatic rings. The maximum absolute atomic E-state index is 4.38. The van der Waals surface area contributed by atoms with Gasteiger partial charge in [-0.25, -0.2) is 9.97 Å². The molecule has 0 saturated heterocycles. The standard InChI is InChI=1S/C15H22N4S/c1-3-7-16-14-13(4-2)15(19-11-18-14)17-8-5-12-6-9-20-10-12/h6,9-11H,3-5,7-8H2,1-2H3,(H2,16,17,18,19). The van der Waals surface area contributed by atoms with Crippen molar-refractivity contribution in [3.05, 3.63) is 34.3 Å². The van der Waals surface area contributed by atoms with Crippen LogP contribution in [0.3, 0.4) is 0 Å². The van der Waals surface area contributed by atoms with Crippen LogP contribution in [0.1, 0.15) is 31.4 Å². The molecule has 108 valence electrons. The molecule has 2 N–H and O–H groups in total. The summed E-state index contributed by atoms with van der Waals surface area (Å²) in [4.78, 5) is 8.72. The summed E-state index contributed by atoms with van der Waals surface area (Å²) in [7, 11) is 0. The van der Waals surface area contributed by atoms with Gasteiger partial charge in [0.15, 0.2) is 0 Å². The average Bonchev–Trinajstić information content (AvgIpc) is 2.98. The van der Waals surface area contributed by atoms with Crippen molar-refractivity contribution < 1.29 is 0 Å². The Morgan fingerprint density at radius 3 is 2.45 bits per heavy atom. The van der Waals surface area contributed by atoms with Crippen LogP contribution >= 0.6 is 11.3 Å². The van der Waals surface area contributed by atoms with Crippen LogP contribution in [0.2, 0.25) is 0 Å². The molecular formula is C15H22N4S. The average molecular weight is 290 g/mol. The van der Waals surface area contributed by atoms with Gasteiger partial charge in [-0.3, -0.25) is 0 Å². The molecular weight excluding hydrogens is 268 g/mol. The molecule has 0 aromatic carbocycles. The highest BCUT2D eigenvalue weighted by molar-refractivity contribution is 7.07. The Bertz CT molecular complexity index is 511. The first-order chi connectivity index (χ1) is 9.85. The fraction of sp³-hybridized carbons (Fsp3) is 0.467. The first-order valence-corrected chi connectivity index (χ1v) is 8.12. The number of hydrogen-bond donors (Lipinski definition) is 2. The molecule has 2 heterocycles. The van der Waals surface area contributed by atoms with Crippen LogP contribution in [0.5, 0.6) is 0 Å². The maximum Gasteiger partial charge on any atom is 0.134 e. The molecule has 0 unspecified atom stereocenters. The molecule has 0 amide bonds. The fourth-order valence-corrected chi connectivity index (χ4v) is 2.76. The third-order valence-electron chi connectivity index (χ3n) is 3.13. The Hall–Kier alpha value is -1.62. The topological polar surface area (TPSA) is 49.8 Å². The van der Waals surface area contributed by atoms with Crippen molar-refractivity contribution in [1.29, 1.82) is 0 Å². The van der Waals surface area contributed by atoms with E-state index in [4.69, 9.17) is 0 Å². The minimum atomic E-state index is 0.897. The Labute approximate surface area is 124 Å². The van der Waals surface area contributed by atoms with Gasteiger partial charge in [0.25, 0.3) is 0 Å². The predicted octanol–water partition coefficient (Wildman–Crippen LogP) is 3.58. The van der Waals surface area contributed by atoms with Crippen molar-refractivity contribution in [1.82, 2.24) is 9.97 Å². The van der Waals surface area contributed by atoms with Crippen molar-refractivity contribution in [2.45, 2.75) is 33.1 Å². The number of anilines is 2. The molecule has 2 rings (SSSR count). The first-order valence-electron chi connectivity index (χ1n) is 7.17. The number of aromatic nitrogens is 2. The Morgan fingerprint density at radius 1 is 1.10 bits per heavy atom. The summed E-state index contributed by atoms with van der Waals surface area (Å²) in [5.74, 6) is 1.92. The summed E-state index contributed by atoms with van der Waals surface area (Å²) >= 11 is 1.74. The van der Waals surface area contributed by atoms with Gasteiger partial charge in [0.2, 0.25) is 0 Å². The predicted molar refractivity (Wildman–Crippen MR) is 86.7 cm³/mol. The molecule has 0 aliphatic heterocycles. The van der Waals surface area contributed by atoms with Crippen molar-refractivity contribution in [3.63, 3.8) is 0 Å². The van der Waals surface area contributed by atoms with Crippen LogP contribution in [-0.2, 0) is 12.8 Å². The zero-order valence-electron chi connectivity index (χ0n) is 12.1. The smallest absolute Gasteiger partial charge is 0.134 e. The number of nitrogens with zero attached hydrogens (tertiary/aromatic N) is 2. The van der Waals surface area contributed by atoms with Gasteiger partial charge < -0.3 is 10.6 Å². The first kappa shape index (κ1) is 14.8. The number of rotatable bonds is 8. The molecule has 4 nitrogen and oxygen atoms in total. The number of hydrogen-bond acceptors (Lipinski definition) is 5. The Kier molecular flexibility index (Phi) is 5.80. The highest BCUT2D eigenvalue weighted by Gasteiger charge is 2.08. The summed E-state index contributed by atoms with van der Waals surface area (Å²) in [6, 6.07) is 2.17. The quantitative estimate of drug-likeness (QED) is 0.780. The Morgan fingerprint density at radius 2 is 1.85 bits per heavy atom. The van der Waals surface area contributed by atoms with E-state index in [1.165, 1.54) is 11.1 Å².